The van der Waals surface area contributed by atoms with Crippen molar-refractivity contribution in [3.05, 3.63) is 59.4 Å². The number of aromatic nitrogens is 3. The fraction of sp³-hybridized carbons (Fsp3) is 0.585. The lowest BCUT2D eigenvalue weighted by Gasteiger charge is -2.46. The second-order valence-corrected chi connectivity index (χ2v) is 18.0. The summed E-state index contributed by atoms with van der Waals surface area (Å²) in [6.45, 7) is 22.9. The number of nitrogens with one attached hydrogen (secondary N) is 1. The number of ether oxygens (including phenoxy) is 4. The number of fused-ring (bicyclic) bond motifs is 4. The molecule has 0 spiro atoms. The normalized spacial score (nSPS) is 24.7. The molecule has 7 rings (SSSR count). The summed E-state index contributed by atoms with van der Waals surface area (Å²) in [5, 5.41) is 3.12. The number of aryl methyl sites for hydroxylation is 1. The lowest BCUT2D eigenvalue weighted by atomic mass is 9.73. The highest BCUT2D eigenvalue weighted by Gasteiger charge is 2.56. The van der Waals surface area contributed by atoms with Crippen LogP contribution in [0.25, 0.3) is 0 Å². The maximum Gasteiger partial charge on any atom is 0.421 e. The van der Waals surface area contributed by atoms with Crippen LogP contribution in [0.1, 0.15) is 98.9 Å². The molecule has 1 N–H and O–H groups in total. The first-order valence-corrected chi connectivity index (χ1v) is 19.0. The molecule has 0 radical (unpaired) electrons. The zero-order valence-corrected chi connectivity index (χ0v) is 33.4. The van der Waals surface area contributed by atoms with Gasteiger partial charge in [-0.15, -0.1) is 0 Å². The number of hydrogen-bond donors (Lipinski definition) is 1. The van der Waals surface area contributed by atoms with Crippen LogP contribution in [0.5, 0.6) is 0 Å². The van der Waals surface area contributed by atoms with Gasteiger partial charge in [0.15, 0.2) is 0 Å². The van der Waals surface area contributed by atoms with Crippen LogP contribution in [0.3, 0.4) is 0 Å². The number of morpholine rings is 1. The van der Waals surface area contributed by atoms with E-state index in [4.69, 9.17) is 33.9 Å². The van der Waals surface area contributed by atoms with Crippen molar-refractivity contribution in [2.24, 2.45) is 0 Å². The molecular weight excluding hydrogens is 686 g/mol. The number of pyridine rings is 1. The van der Waals surface area contributed by atoms with Gasteiger partial charge in [-0.25, -0.2) is 24.5 Å². The van der Waals surface area contributed by atoms with Crippen LogP contribution in [0.15, 0.2) is 42.6 Å². The minimum absolute atomic E-state index is 0.0828. The van der Waals surface area contributed by atoms with Crippen molar-refractivity contribution >= 4 is 41.1 Å². The number of anilines is 5. The molecule has 4 aliphatic rings. The van der Waals surface area contributed by atoms with Crippen LogP contribution in [-0.2, 0) is 36.3 Å². The zero-order valence-electron chi connectivity index (χ0n) is 33.4. The fourth-order valence-corrected chi connectivity index (χ4v) is 7.99. The molecule has 2 saturated heterocycles. The molecule has 3 atom stereocenters. The van der Waals surface area contributed by atoms with Crippen molar-refractivity contribution in [2.75, 3.05) is 47.6 Å². The summed E-state index contributed by atoms with van der Waals surface area (Å²) >= 11 is 0. The Bertz CT molecular complexity index is 1920. The van der Waals surface area contributed by atoms with Gasteiger partial charge in [-0.05, 0) is 117 Å². The number of rotatable bonds is 5. The van der Waals surface area contributed by atoms with Crippen LogP contribution in [0.2, 0.25) is 0 Å². The van der Waals surface area contributed by atoms with Crippen molar-refractivity contribution < 1.29 is 28.5 Å². The molecule has 2 aromatic heterocycles. The van der Waals surface area contributed by atoms with Gasteiger partial charge >= 0.3 is 12.2 Å². The molecule has 2 amide bonds. The average Bonchev–Trinajstić information content (AvgIpc) is 3.53. The predicted octanol–water partition coefficient (Wildman–Crippen LogP) is 7.44. The minimum atomic E-state index is -0.758. The van der Waals surface area contributed by atoms with E-state index in [0.29, 0.717) is 50.0 Å². The number of hydrogen-bond acceptors (Lipinski definition) is 11. The van der Waals surface area contributed by atoms with E-state index in [1.807, 2.05) is 85.0 Å². The summed E-state index contributed by atoms with van der Waals surface area (Å²) in [5.41, 5.74) is 1.41. The van der Waals surface area contributed by atoms with E-state index >= 15 is 0 Å². The maximum atomic E-state index is 14.1. The summed E-state index contributed by atoms with van der Waals surface area (Å²) in [5.74, 6) is 1.54. The van der Waals surface area contributed by atoms with Crippen LogP contribution < -0.4 is 20.0 Å². The number of carbonyl (C=O) groups excluding carboxylic acids is 2. The Morgan fingerprint density at radius 1 is 0.926 bits per heavy atom. The third-order valence-corrected chi connectivity index (χ3v) is 10.8. The van der Waals surface area contributed by atoms with Gasteiger partial charge in [-0.3, -0.25) is 0 Å². The topological polar surface area (TPSA) is 131 Å². The summed E-state index contributed by atoms with van der Waals surface area (Å²) in [7, 11) is 0. The number of amides is 2. The molecule has 5 heterocycles. The molecular formula is C41H55N7O6. The summed E-state index contributed by atoms with van der Waals surface area (Å²) in [6.07, 6.45) is 2.92. The molecule has 0 saturated carbocycles. The molecule has 1 aliphatic carbocycles. The van der Waals surface area contributed by atoms with Gasteiger partial charge in [0.1, 0.15) is 22.8 Å². The van der Waals surface area contributed by atoms with E-state index in [1.165, 1.54) is 4.90 Å². The second-order valence-electron chi connectivity index (χ2n) is 18.0. The van der Waals surface area contributed by atoms with Crippen LogP contribution in [-0.4, -0.2) is 82.9 Å². The van der Waals surface area contributed by atoms with Crippen molar-refractivity contribution in [2.45, 2.75) is 122 Å². The first-order valence-electron chi connectivity index (χ1n) is 19.0. The molecule has 13 heteroatoms. The Balaban J connectivity index is 1.32. The second kappa shape index (κ2) is 13.4. The van der Waals surface area contributed by atoms with E-state index in [2.05, 4.69) is 42.0 Å². The Morgan fingerprint density at radius 3 is 2.28 bits per heavy atom. The highest BCUT2D eigenvalue weighted by atomic mass is 16.6. The smallest absolute Gasteiger partial charge is 0.421 e. The van der Waals surface area contributed by atoms with E-state index in [9.17, 15) is 9.59 Å². The monoisotopic (exact) mass is 741 g/mol. The van der Waals surface area contributed by atoms with Crippen molar-refractivity contribution in [1.82, 2.24) is 20.3 Å². The summed E-state index contributed by atoms with van der Waals surface area (Å²) < 4.78 is 23.6. The number of alkyl carbamates (subject to hydrolysis) is 1. The maximum absolute atomic E-state index is 14.1. The Morgan fingerprint density at radius 2 is 1.61 bits per heavy atom. The first kappa shape index (κ1) is 37.8. The van der Waals surface area contributed by atoms with Gasteiger partial charge in [0.05, 0.1) is 48.4 Å². The first-order chi connectivity index (χ1) is 25.3. The summed E-state index contributed by atoms with van der Waals surface area (Å²) in [6, 6.07) is 11.9. The van der Waals surface area contributed by atoms with E-state index < -0.39 is 39.9 Å². The lowest BCUT2D eigenvalue weighted by molar-refractivity contribution is -0.0893. The molecule has 1 aromatic carbocycles. The molecule has 2 fully saturated rings. The van der Waals surface area contributed by atoms with Gasteiger partial charge in [-0.2, -0.15) is 4.98 Å². The van der Waals surface area contributed by atoms with Gasteiger partial charge in [-0.1, -0.05) is 13.0 Å². The Labute approximate surface area is 318 Å². The average molecular weight is 742 g/mol. The number of carbonyl (C=O) groups is 2. The molecule has 13 nitrogen and oxygen atoms in total. The number of benzene rings is 1. The van der Waals surface area contributed by atoms with Crippen LogP contribution in [0, 0.1) is 0 Å². The van der Waals surface area contributed by atoms with Gasteiger partial charge in [0, 0.05) is 36.0 Å². The molecule has 3 aliphatic heterocycles. The highest BCUT2D eigenvalue weighted by molar-refractivity contribution is 5.95. The number of nitrogens with zero attached hydrogens (tertiary/aromatic N) is 6. The molecule has 54 heavy (non-hydrogen) atoms. The van der Waals surface area contributed by atoms with Gasteiger partial charge in [0.25, 0.3) is 0 Å². The predicted molar refractivity (Wildman–Crippen MR) is 207 cm³/mol. The fourth-order valence-electron chi connectivity index (χ4n) is 7.99. The van der Waals surface area contributed by atoms with E-state index in [-0.39, 0.29) is 12.0 Å². The van der Waals surface area contributed by atoms with Crippen molar-refractivity contribution in [1.29, 1.82) is 0 Å². The van der Waals surface area contributed by atoms with Crippen molar-refractivity contribution in [3.8, 4) is 0 Å². The van der Waals surface area contributed by atoms with Crippen molar-refractivity contribution in [3.63, 3.8) is 0 Å². The highest BCUT2D eigenvalue weighted by Crippen LogP contribution is 2.53. The zero-order chi connectivity index (χ0) is 38.8. The van der Waals surface area contributed by atoms with Crippen LogP contribution >= 0.6 is 0 Å². The van der Waals surface area contributed by atoms with E-state index in [0.717, 1.165) is 42.0 Å². The molecule has 0 unspecified atom stereocenters. The Hall–Kier alpha value is -4.49. The van der Waals surface area contributed by atoms with E-state index in [1.54, 1.807) is 0 Å². The SMILES string of the molecule is CC(C)(C)OC(=O)N[C@]1(C)CCc2ccc(N3c4nc(N(C(=O)OC(C)(C)C)c5ccc(N6CCOCC6)cc5)ncc4[C@@]4(C)COC(C)(C)C[C@@H]34)nc21. The largest absolute Gasteiger partial charge is 0.444 e. The van der Waals surface area contributed by atoms with Gasteiger partial charge in [0.2, 0.25) is 5.95 Å². The Kier molecular flexibility index (Phi) is 9.36. The summed E-state index contributed by atoms with van der Waals surface area (Å²) in [4.78, 5) is 48.4. The quantitative estimate of drug-likeness (QED) is 0.280. The third-order valence-electron chi connectivity index (χ3n) is 10.8. The minimum Gasteiger partial charge on any atom is -0.444 e. The lowest BCUT2D eigenvalue weighted by Crippen LogP contribution is -2.54. The molecule has 3 aromatic rings. The third kappa shape index (κ3) is 7.32. The molecule has 0 bridgehead atoms. The van der Waals surface area contributed by atoms with Gasteiger partial charge < -0.3 is 34.1 Å². The standard InChI is InChI=1S/C41H55N7O6/c1-37(2,3)53-35(49)45-41(10)18-17-26-11-16-31(43-32(26)41)48-30-23-39(7,8)52-25-40(30,9)29-24-42-34(44-33(29)48)47(36(50)54-38(4,5)6)28-14-12-27(13-15-28)46-19-21-51-22-20-46/h11-16,24,30H,17-23,25H2,1-10H3,(H,45,49)/t30-,40-,41-/m1/s1. The van der Waals surface area contributed by atoms with Crippen LogP contribution in [0.4, 0.5) is 38.5 Å². The molecule has 290 valence electrons.